The molecule has 1 heterocycles. The number of carbonyl (C=O) groups excluding carboxylic acids is 1. The van der Waals surface area contributed by atoms with E-state index < -0.39 is 6.10 Å². The molecule has 0 radical (unpaired) electrons. The van der Waals surface area contributed by atoms with Crippen LogP contribution in [0.15, 0.2) is 24.3 Å². The number of carbonyl (C=O) groups is 1. The van der Waals surface area contributed by atoms with Crippen LogP contribution in [0.4, 0.5) is 14.9 Å². The van der Waals surface area contributed by atoms with Gasteiger partial charge in [0.1, 0.15) is 5.82 Å². The second kappa shape index (κ2) is 7.41. The standard InChI is InChI=1S/C16H23FN2O2/c1-12(20)11-15-5-3-2-4-10-19(15)16(21)18-14-8-6-13(17)7-9-14/h6-9,12,15,20H,2-5,10-11H2,1H3,(H,18,21). The summed E-state index contributed by atoms with van der Waals surface area (Å²) in [5, 5.41) is 12.4. The first-order valence-electron chi connectivity index (χ1n) is 7.57. The first-order valence-corrected chi connectivity index (χ1v) is 7.57. The molecule has 1 fully saturated rings. The average molecular weight is 294 g/mol. The molecule has 116 valence electrons. The van der Waals surface area contributed by atoms with Gasteiger partial charge in [-0.3, -0.25) is 0 Å². The molecule has 2 N–H and O–H groups in total. The third-order valence-corrected chi connectivity index (χ3v) is 3.85. The SMILES string of the molecule is CC(O)CC1CCCCCN1C(=O)Nc1ccc(F)cc1. The Hall–Kier alpha value is -1.62. The Morgan fingerprint density at radius 1 is 1.38 bits per heavy atom. The molecule has 0 saturated carbocycles. The third-order valence-electron chi connectivity index (χ3n) is 3.85. The van der Waals surface area contributed by atoms with Crippen molar-refractivity contribution in [3.05, 3.63) is 30.1 Å². The molecule has 2 atom stereocenters. The first-order chi connectivity index (χ1) is 10.1. The summed E-state index contributed by atoms with van der Waals surface area (Å²) in [6.07, 6.45) is 4.26. The van der Waals surface area contributed by atoms with Gasteiger partial charge in [0.25, 0.3) is 0 Å². The summed E-state index contributed by atoms with van der Waals surface area (Å²) in [4.78, 5) is 14.2. The van der Waals surface area contributed by atoms with Crippen molar-refractivity contribution in [1.82, 2.24) is 4.90 Å². The minimum absolute atomic E-state index is 0.0629. The van der Waals surface area contributed by atoms with Gasteiger partial charge in [-0.2, -0.15) is 0 Å². The number of hydrogen-bond acceptors (Lipinski definition) is 2. The van der Waals surface area contributed by atoms with Crippen molar-refractivity contribution in [2.45, 2.75) is 51.2 Å². The Morgan fingerprint density at radius 2 is 2.10 bits per heavy atom. The van der Waals surface area contributed by atoms with Crippen molar-refractivity contribution < 1.29 is 14.3 Å². The lowest BCUT2D eigenvalue weighted by Crippen LogP contribution is -2.43. The summed E-state index contributed by atoms with van der Waals surface area (Å²) in [7, 11) is 0. The summed E-state index contributed by atoms with van der Waals surface area (Å²) < 4.78 is 12.9. The van der Waals surface area contributed by atoms with Crippen LogP contribution >= 0.6 is 0 Å². The van der Waals surface area contributed by atoms with Gasteiger partial charge < -0.3 is 15.3 Å². The molecule has 2 amide bonds. The zero-order chi connectivity index (χ0) is 15.2. The molecule has 1 aliphatic rings. The molecule has 5 heteroatoms. The lowest BCUT2D eigenvalue weighted by molar-refractivity contribution is 0.127. The molecule has 0 aliphatic carbocycles. The molecule has 0 spiro atoms. The van der Waals surface area contributed by atoms with E-state index in [4.69, 9.17) is 0 Å². The Morgan fingerprint density at radius 3 is 2.76 bits per heavy atom. The average Bonchev–Trinajstić information content (AvgIpc) is 2.66. The number of rotatable bonds is 3. The second-order valence-electron chi connectivity index (χ2n) is 5.72. The summed E-state index contributed by atoms with van der Waals surface area (Å²) in [6.45, 7) is 2.45. The number of nitrogens with zero attached hydrogens (tertiary/aromatic N) is 1. The number of halogens is 1. The van der Waals surface area contributed by atoms with Gasteiger partial charge in [-0.25, -0.2) is 9.18 Å². The summed E-state index contributed by atoms with van der Waals surface area (Å²) in [5.41, 5.74) is 0.585. The van der Waals surface area contributed by atoms with Crippen LogP contribution in [-0.2, 0) is 0 Å². The summed E-state index contributed by atoms with van der Waals surface area (Å²) in [6, 6.07) is 5.64. The van der Waals surface area contributed by atoms with E-state index in [1.165, 1.54) is 12.1 Å². The van der Waals surface area contributed by atoms with Crippen molar-refractivity contribution in [1.29, 1.82) is 0 Å². The number of hydrogen-bond donors (Lipinski definition) is 2. The second-order valence-corrected chi connectivity index (χ2v) is 5.72. The molecular formula is C16H23FN2O2. The van der Waals surface area contributed by atoms with E-state index in [1.54, 1.807) is 19.1 Å². The van der Waals surface area contributed by atoms with Gasteiger partial charge in [-0.15, -0.1) is 0 Å². The fourth-order valence-corrected chi connectivity index (χ4v) is 2.81. The van der Waals surface area contributed by atoms with Crippen LogP contribution in [0.2, 0.25) is 0 Å². The van der Waals surface area contributed by atoms with Crippen molar-refractivity contribution in [2.24, 2.45) is 0 Å². The predicted octanol–water partition coefficient (Wildman–Crippen LogP) is 3.37. The molecule has 1 aromatic rings. The molecule has 2 rings (SSSR count). The number of anilines is 1. The fraction of sp³-hybridized carbons (Fsp3) is 0.562. The molecule has 4 nitrogen and oxygen atoms in total. The number of likely N-dealkylation sites (tertiary alicyclic amines) is 1. The zero-order valence-electron chi connectivity index (χ0n) is 12.4. The Balaban J connectivity index is 2.04. The van der Waals surface area contributed by atoms with Gasteiger partial charge in [-0.05, 0) is 50.5 Å². The molecule has 21 heavy (non-hydrogen) atoms. The highest BCUT2D eigenvalue weighted by atomic mass is 19.1. The molecule has 0 bridgehead atoms. The van der Waals surface area contributed by atoms with Crippen LogP contribution < -0.4 is 5.32 Å². The number of nitrogens with one attached hydrogen (secondary N) is 1. The monoisotopic (exact) mass is 294 g/mol. The quantitative estimate of drug-likeness (QED) is 0.898. The molecule has 2 unspecified atom stereocenters. The van der Waals surface area contributed by atoms with Gasteiger partial charge in [0, 0.05) is 18.3 Å². The van der Waals surface area contributed by atoms with Gasteiger partial charge >= 0.3 is 6.03 Å². The Kier molecular flexibility index (Phi) is 5.56. The van der Waals surface area contributed by atoms with Gasteiger partial charge in [0.05, 0.1) is 6.10 Å². The topological polar surface area (TPSA) is 52.6 Å². The largest absolute Gasteiger partial charge is 0.393 e. The highest BCUT2D eigenvalue weighted by Gasteiger charge is 2.26. The summed E-state index contributed by atoms with van der Waals surface area (Å²) in [5.74, 6) is -0.324. The van der Waals surface area contributed by atoms with E-state index in [0.29, 0.717) is 18.7 Å². The van der Waals surface area contributed by atoms with Crippen LogP contribution in [0, 0.1) is 5.82 Å². The van der Waals surface area contributed by atoms with Gasteiger partial charge in [-0.1, -0.05) is 12.8 Å². The van der Waals surface area contributed by atoms with Crippen molar-refractivity contribution in [2.75, 3.05) is 11.9 Å². The number of aliphatic hydroxyl groups excluding tert-OH is 1. The van der Waals surface area contributed by atoms with Crippen molar-refractivity contribution in [3.63, 3.8) is 0 Å². The van der Waals surface area contributed by atoms with Crippen LogP contribution in [0.5, 0.6) is 0 Å². The number of benzene rings is 1. The molecule has 1 aliphatic heterocycles. The highest BCUT2D eigenvalue weighted by Crippen LogP contribution is 2.22. The molecular weight excluding hydrogens is 271 g/mol. The van der Waals surface area contributed by atoms with Crippen molar-refractivity contribution in [3.8, 4) is 0 Å². The normalized spacial score (nSPS) is 20.7. The molecule has 0 aromatic heterocycles. The summed E-state index contributed by atoms with van der Waals surface area (Å²) >= 11 is 0. The number of aliphatic hydroxyl groups is 1. The lowest BCUT2D eigenvalue weighted by atomic mass is 10.0. The third kappa shape index (κ3) is 4.70. The maximum atomic E-state index is 12.9. The van der Waals surface area contributed by atoms with Gasteiger partial charge in [0.15, 0.2) is 0 Å². The van der Waals surface area contributed by atoms with Crippen molar-refractivity contribution >= 4 is 11.7 Å². The van der Waals surface area contributed by atoms with E-state index in [1.807, 2.05) is 4.90 Å². The number of urea groups is 1. The van der Waals surface area contributed by atoms with Crippen LogP contribution in [0.1, 0.15) is 39.0 Å². The minimum atomic E-state index is -0.422. The van der Waals surface area contributed by atoms with Crippen LogP contribution in [0.3, 0.4) is 0 Å². The van der Waals surface area contributed by atoms with E-state index in [9.17, 15) is 14.3 Å². The van der Waals surface area contributed by atoms with Crippen LogP contribution in [-0.4, -0.2) is 34.7 Å². The van der Waals surface area contributed by atoms with E-state index in [0.717, 1.165) is 25.7 Å². The minimum Gasteiger partial charge on any atom is -0.393 e. The first kappa shape index (κ1) is 15.8. The smallest absolute Gasteiger partial charge is 0.322 e. The Bertz CT molecular complexity index is 462. The maximum Gasteiger partial charge on any atom is 0.322 e. The maximum absolute atomic E-state index is 12.9. The highest BCUT2D eigenvalue weighted by molar-refractivity contribution is 5.89. The predicted molar refractivity (Wildman–Crippen MR) is 80.7 cm³/mol. The zero-order valence-corrected chi connectivity index (χ0v) is 12.4. The number of amides is 2. The van der Waals surface area contributed by atoms with Crippen LogP contribution in [0.25, 0.3) is 0 Å². The lowest BCUT2D eigenvalue weighted by Gasteiger charge is -2.31. The Labute approximate surface area is 125 Å². The van der Waals surface area contributed by atoms with E-state index >= 15 is 0 Å². The van der Waals surface area contributed by atoms with E-state index in [-0.39, 0.29) is 17.9 Å². The van der Waals surface area contributed by atoms with Gasteiger partial charge in [0.2, 0.25) is 0 Å². The fourth-order valence-electron chi connectivity index (χ4n) is 2.81. The van der Waals surface area contributed by atoms with E-state index in [2.05, 4.69) is 5.32 Å². The molecule has 1 saturated heterocycles. The molecule has 1 aromatic carbocycles.